The molecule has 0 bridgehead atoms. The molecule has 2 fully saturated rings. The van der Waals surface area contributed by atoms with Crippen molar-refractivity contribution in [3.63, 3.8) is 0 Å². The molecular weight excluding hydrogens is 402 g/mol. The summed E-state index contributed by atoms with van der Waals surface area (Å²) in [7, 11) is 0. The zero-order valence-electron chi connectivity index (χ0n) is 16.9. The van der Waals surface area contributed by atoms with Crippen LogP contribution in [0.3, 0.4) is 0 Å². The number of amides is 3. The molecule has 1 N–H and O–H groups in total. The van der Waals surface area contributed by atoms with Crippen molar-refractivity contribution < 1.29 is 14.4 Å². The second-order valence-corrected chi connectivity index (χ2v) is 8.10. The summed E-state index contributed by atoms with van der Waals surface area (Å²) in [5, 5.41) is 3.29. The molecule has 0 radical (unpaired) electrons. The first-order chi connectivity index (χ1) is 14.5. The van der Waals surface area contributed by atoms with E-state index in [0.717, 1.165) is 24.1 Å². The van der Waals surface area contributed by atoms with Gasteiger partial charge in [0, 0.05) is 37.3 Å². The maximum Gasteiger partial charge on any atom is 0.229 e. The van der Waals surface area contributed by atoms with Crippen molar-refractivity contribution in [2.75, 3.05) is 28.2 Å². The van der Waals surface area contributed by atoms with Gasteiger partial charge in [0.1, 0.15) is 0 Å². The van der Waals surface area contributed by atoms with Gasteiger partial charge in [-0.3, -0.25) is 14.4 Å². The third-order valence-electron chi connectivity index (χ3n) is 5.74. The lowest BCUT2D eigenvalue weighted by molar-refractivity contribution is -0.122. The summed E-state index contributed by atoms with van der Waals surface area (Å²) >= 11 is 6.37. The number of halogens is 1. The summed E-state index contributed by atoms with van der Waals surface area (Å²) < 4.78 is 0. The molecule has 3 amide bonds. The molecule has 156 valence electrons. The summed E-state index contributed by atoms with van der Waals surface area (Å²) in [5.41, 5.74) is 3.18. The van der Waals surface area contributed by atoms with Gasteiger partial charge in [0.15, 0.2) is 0 Å². The van der Waals surface area contributed by atoms with Crippen molar-refractivity contribution in [3.05, 3.63) is 53.1 Å². The molecule has 7 heteroatoms. The normalized spacial score (nSPS) is 18.9. The smallest absolute Gasteiger partial charge is 0.229 e. The van der Waals surface area contributed by atoms with Gasteiger partial charge < -0.3 is 15.1 Å². The highest BCUT2D eigenvalue weighted by Crippen LogP contribution is 2.33. The van der Waals surface area contributed by atoms with Crippen molar-refractivity contribution in [2.24, 2.45) is 5.92 Å². The SMILES string of the molecule is CCc1ccccc1N1C[C@H](C(=O)Nc2ccc(N3CCCC3=O)c(Cl)c2)CC1=O. The molecule has 0 unspecified atom stereocenters. The van der Waals surface area contributed by atoms with E-state index in [1.807, 2.05) is 31.2 Å². The Labute approximate surface area is 180 Å². The number of nitrogens with zero attached hydrogens (tertiary/aromatic N) is 2. The number of carbonyl (C=O) groups excluding carboxylic acids is 3. The predicted octanol–water partition coefficient (Wildman–Crippen LogP) is 4.02. The Kier molecular flexibility index (Phi) is 5.77. The molecule has 30 heavy (non-hydrogen) atoms. The first-order valence-electron chi connectivity index (χ1n) is 10.3. The molecule has 2 saturated heterocycles. The van der Waals surface area contributed by atoms with Crippen LogP contribution in [0.4, 0.5) is 17.1 Å². The summed E-state index contributed by atoms with van der Waals surface area (Å²) in [6.07, 6.45) is 2.35. The Morgan fingerprint density at radius 1 is 1.10 bits per heavy atom. The van der Waals surface area contributed by atoms with Gasteiger partial charge in [-0.25, -0.2) is 0 Å². The predicted molar refractivity (Wildman–Crippen MR) is 118 cm³/mol. The second kappa shape index (κ2) is 8.48. The molecule has 1 atom stereocenters. The number of para-hydroxylation sites is 1. The molecule has 2 aromatic carbocycles. The number of benzene rings is 2. The summed E-state index contributed by atoms with van der Waals surface area (Å²) in [5.74, 6) is -0.621. The number of rotatable bonds is 5. The van der Waals surface area contributed by atoms with Crippen LogP contribution >= 0.6 is 11.6 Å². The lowest BCUT2D eigenvalue weighted by atomic mass is 10.1. The first-order valence-corrected chi connectivity index (χ1v) is 10.6. The minimum Gasteiger partial charge on any atom is -0.326 e. The van der Waals surface area contributed by atoms with Crippen LogP contribution in [0, 0.1) is 5.92 Å². The van der Waals surface area contributed by atoms with Crippen LogP contribution in [-0.4, -0.2) is 30.8 Å². The number of nitrogens with one attached hydrogen (secondary N) is 1. The molecule has 2 heterocycles. The van der Waals surface area contributed by atoms with E-state index in [9.17, 15) is 14.4 Å². The number of carbonyl (C=O) groups is 3. The maximum atomic E-state index is 12.8. The Morgan fingerprint density at radius 3 is 2.60 bits per heavy atom. The standard InChI is InChI=1S/C23H24ClN3O3/c1-2-15-6-3-4-7-19(15)27-14-16(12-22(27)29)23(30)25-17-9-10-20(18(24)13-17)26-11-5-8-21(26)28/h3-4,6-7,9-10,13,16H,2,5,8,11-12,14H2,1H3,(H,25,30)/t16-/m1/s1. The van der Waals surface area contributed by atoms with Crippen molar-refractivity contribution in [2.45, 2.75) is 32.6 Å². The van der Waals surface area contributed by atoms with E-state index in [0.29, 0.717) is 35.9 Å². The molecule has 2 aliphatic heterocycles. The van der Waals surface area contributed by atoms with E-state index >= 15 is 0 Å². The average Bonchev–Trinajstić information content (AvgIpc) is 3.33. The highest BCUT2D eigenvalue weighted by molar-refractivity contribution is 6.34. The van der Waals surface area contributed by atoms with Crippen LogP contribution in [-0.2, 0) is 20.8 Å². The van der Waals surface area contributed by atoms with E-state index in [1.165, 1.54) is 0 Å². The molecule has 2 aromatic rings. The molecule has 0 spiro atoms. The Bertz CT molecular complexity index is 1010. The van der Waals surface area contributed by atoms with E-state index < -0.39 is 5.92 Å². The first kappa shape index (κ1) is 20.4. The van der Waals surface area contributed by atoms with E-state index in [4.69, 9.17) is 11.6 Å². The highest BCUT2D eigenvalue weighted by Gasteiger charge is 2.36. The topological polar surface area (TPSA) is 69.7 Å². The largest absolute Gasteiger partial charge is 0.326 e. The van der Waals surface area contributed by atoms with Gasteiger partial charge in [-0.05, 0) is 42.7 Å². The summed E-state index contributed by atoms with van der Waals surface area (Å²) in [6, 6.07) is 12.9. The zero-order valence-corrected chi connectivity index (χ0v) is 17.6. The number of aryl methyl sites for hydroxylation is 1. The third-order valence-corrected chi connectivity index (χ3v) is 6.04. The zero-order chi connectivity index (χ0) is 21.3. The average molecular weight is 426 g/mol. The molecular formula is C23H24ClN3O3. The fourth-order valence-electron chi connectivity index (χ4n) is 4.14. The monoisotopic (exact) mass is 425 g/mol. The maximum absolute atomic E-state index is 12.8. The summed E-state index contributed by atoms with van der Waals surface area (Å²) in [6.45, 7) is 3.06. The van der Waals surface area contributed by atoms with Crippen LogP contribution in [0.15, 0.2) is 42.5 Å². The summed E-state index contributed by atoms with van der Waals surface area (Å²) in [4.78, 5) is 40.7. The van der Waals surface area contributed by atoms with Crippen LogP contribution in [0.1, 0.15) is 31.7 Å². The second-order valence-electron chi connectivity index (χ2n) is 7.69. The lowest BCUT2D eigenvalue weighted by Gasteiger charge is -2.20. The van der Waals surface area contributed by atoms with Gasteiger partial charge in [-0.1, -0.05) is 36.7 Å². The van der Waals surface area contributed by atoms with E-state index in [2.05, 4.69) is 5.32 Å². The Morgan fingerprint density at radius 2 is 1.90 bits per heavy atom. The molecule has 0 aromatic heterocycles. The van der Waals surface area contributed by atoms with Gasteiger partial charge in [-0.15, -0.1) is 0 Å². The third kappa shape index (κ3) is 3.92. The van der Waals surface area contributed by atoms with Crippen molar-refractivity contribution in [3.8, 4) is 0 Å². The molecule has 0 aliphatic carbocycles. The molecule has 4 rings (SSSR count). The molecule has 0 saturated carbocycles. The quantitative estimate of drug-likeness (QED) is 0.786. The Balaban J connectivity index is 1.45. The molecule has 2 aliphatic rings. The number of hydrogen-bond donors (Lipinski definition) is 1. The Hall–Kier alpha value is -2.86. The van der Waals surface area contributed by atoms with Crippen molar-refractivity contribution in [1.82, 2.24) is 0 Å². The minimum absolute atomic E-state index is 0.0445. The number of hydrogen-bond acceptors (Lipinski definition) is 3. The number of anilines is 3. The fourth-order valence-corrected chi connectivity index (χ4v) is 4.42. The van der Waals surface area contributed by atoms with Crippen LogP contribution in [0.5, 0.6) is 0 Å². The van der Waals surface area contributed by atoms with Crippen molar-refractivity contribution >= 4 is 46.4 Å². The van der Waals surface area contributed by atoms with Crippen LogP contribution in [0.2, 0.25) is 5.02 Å². The van der Waals surface area contributed by atoms with E-state index in [-0.39, 0.29) is 24.1 Å². The van der Waals surface area contributed by atoms with Crippen LogP contribution < -0.4 is 15.1 Å². The van der Waals surface area contributed by atoms with Crippen LogP contribution in [0.25, 0.3) is 0 Å². The van der Waals surface area contributed by atoms with Gasteiger partial charge in [0.05, 0.1) is 16.6 Å². The highest BCUT2D eigenvalue weighted by atomic mass is 35.5. The van der Waals surface area contributed by atoms with Gasteiger partial charge in [-0.2, -0.15) is 0 Å². The van der Waals surface area contributed by atoms with E-state index in [1.54, 1.807) is 28.0 Å². The van der Waals surface area contributed by atoms with Gasteiger partial charge >= 0.3 is 0 Å². The van der Waals surface area contributed by atoms with Gasteiger partial charge in [0.2, 0.25) is 17.7 Å². The fraction of sp³-hybridized carbons (Fsp3) is 0.348. The van der Waals surface area contributed by atoms with Crippen molar-refractivity contribution in [1.29, 1.82) is 0 Å². The molecule has 6 nitrogen and oxygen atoms in total. The van der Waals surface area contributed by atoms with Gasteiger partial charge in [0.25, 0.3) is 0 Å². The minimum atomic E-state index is -0.430. The lowest BCUT2D eigenvalue weighted by Crippen LogP contribution is -2.28.